The SMILES string of the molecule is CCOCCn1c(=NC(=O)c2nn(C)cc2C)sc2cc(S(C)(=O)=O)ccc21. The fourth-order valence-electron chi connectivity index (χ4n) is 2.84. The lowest BCUT2D eigenvalue weighted by molar-refractivity contribution is 0.0990. The van der Waals surface area contributed by atoms with Crippen LogP contribution >= 0.6 is 11.3 Å². The number of aryl methyl sites for hydroxylation is 2. The van der Waals surface area contributed by atoms with E-state index in [0.29, 0.717) is 30.3 Å². The molecule has 0 spiro atoms. The van der Waals surface area contributed by atoms with Crippen LogP contribution in [0.4, 0.5) is 0 Å². The molecule has 3 rings (SSSR count). The first-order valence-electron chi connectivity index (χ1n) is 8.71. The molecule has 0 bridgehead atoms. The van der Waals surface area contributed by atoms with Crippen LogP contribution in [0.2, 0.25) is 0 Å². The zero-order valence-corrected chi connectivity index (χ0v) is 17.8. The highest BCUT2D eigenvalue weighted by atomic mass is 32.2. The number of hydrogen-bond acceptors (Lipinski definition) is 6. The zero-order valence-electron chi connectivity index (χ0n) is 16.2. The molecule has 2 heterocycles. The van der Waals surface area contributed by atoms with Crippen LogP contribution in [-0.2, 0) is 28.2 Å². The van der Waals surface area contributed by atoms with Gasteiger partial charge in [-0.05, 0) is 32.0 Å². The summed E-state index contributed by atoms with van der Waals surface area (Å²) < 4.78 is 33.4. The molecule has 0 atom stereocenters. The van der Waals surface area contributed by atoms with Gasteiger partial charge in [-0.1, -0.05) is 11.3 Å². The van der Waals surface area contributed by atoms with Crippen molar-refractivity contribution in [2.45, 2.75) is 25.3 Å². The molecule has 1 amide bonds. The molecule has 28 heavy (non-hydrogen) atoms. The first kappa shape index (κ1) is 20.4. The zero-order chi connectivity index (χ0) is 20.5. The summed E-state index contributed by atoms with van der Waals surface area (Å²) in [6.45, 7) is 5.26. The van der Waals surface area contributed by atoms with E-state index >= 15 is 0 Å². The molecule has 150 valence electrons. The second-order valence-electron chi connectivity index (χ2n) is 6.39. The number of ether oxygens (including phenoxy) is 1. The van der Waals surface area contributed by atoms with Gasteiger partial charge in [-0.3, -0.25) is 9.48 Å². The van der Waals surface area contributed by atoms with Crippen molar-refractivity contribution in [2.75, 3.05) is 19.5 Å². The lowest BCUT2D eigenvalue weighted by Crippen LogP contribution is -2.20. The third-order valence-corrected chi connectivity index (χ3v) is 6.31. The summed E-state index contributed by atoms with van der Waals surface area (Å²) >= 11 is 1.27. The Balaban J connectivity index is 2.14. The number of amides is 1. The van der Waals surface area contributed by atoms with Crippen LogP contribution in [0.25, 0.3) is 10.2 Å². The summed E-state index contributed by atoms with van der Waals surface area (Å²) in [5.74, 6) is -0.432. The van der Waals surface area contributed by atoms with Crippen molar-refractivity contribution in [3.8, 4) is 0 Å². The van der Waals surface area contributed by atoms with E-state index in [2.05, 4.69) is 10.1 Å². The molecule has 0 radical (unpaired) electrons. The number of carbonyl (C=O) groups is 1. The molecule has 0 saturated heterocycles. The van der Waals surface area contributed by atoms with E-state index in [1.165, 1.54) is 17.6 Å². The van der Waals surface area contributed by atoms with E-state index in [-0.39, 0.29) is 4.90 Å². The average molecular weight is 423 g/mol. The Morgan fingerprint density at radius 3 is 2.71 bits per heavy atom. The highest BCUT2D eigenvalue weighted by molar-refractivity contribution is 7.90. The predicted octanol–water partition coefficient (Wildman–Crippen LogP) is 1.93. The molecular weight excluding hydrogens is 400 g/mol. The van der Waals surface area contributed by atoms with Gasteiger partial charge in [0.15, 0.2) is 20.3 Å². The number of rotatable bonds is 6. The fraction of sp³-hybridized carbons (Fsp3) is 0.389. The van der Waals surface area contributed by atoms with Crippen LogP contribution in [0.1, 0.15) is 23.0 Å². The van der Waals surface area contributed by atoms with Gasteiger partial charge in [-0.15, -0.1) is 0 Å². The van der Waals surface area contributed by atoms with Crippen LogP contribution in [0.15, 0.2) is 34.3 Å². The Hall–Kier alpha value is -2.30. The minimum absolute atomic E-state index is 0.233. The molecule has 0 aliphatic rings. The summed E-state index contributed by atoms with van der Waals surface area (Å²) in [6, 6.07) is 4.92. The molecule has 0 N–H and O–H groups in total. The molecule has 0 unspecified atom stereocenters. The molecule has 1 aromatic carbocycles. The minimum Gasteiger partial charge on any atom is -0.380 e. The van der Waals surface area contributed by atoms with Crippen LogP contribution in [0.3, 0.4) is 0 Å². The van der Waals surface area contributed by atoms with Crippen molar-refractivity contribution >= 4 is 37.3 Å². The number of benzene rings is 1. The molecule has 2 aromatic heterocycles. The Labute approximate surface area is 167 Å². The largest absolute Gasteiger partial charge is 0.380 e. The van der Waals surface area contributed by atoms with E-state index < -0.39 is 15.7 Å². The monoisotopic (exact) mass is 422 g/mol. The van der Waals surface area contributed by atoms with Crippen LogP contribution < -0.4 is 4.80 Å². The lowest BCUT2D eigenvalue weighted by atomic mass is 10.3. The number of aromatic nitrogens is 3. The smallest absolute Gasteiger partial charge is 0.300 e. The van der Waals surface area contributed by atoms with Crippen molar-refractivity contribution in [1.82, 2.24) is 14.3 Å². The maximum atomic E-state index is 12.7. The molecule has 10 heteroatoms. The first-order valence-corrected chi connectivity index (χ1v) is 11.4. The van der Waals surface area contributed by atoms with Crippen molar-refractivity contribution in [3.63, 3.8) is 0 Å². The maximum Gasteiger partial charge on any atom is 0.300 e. The number of hydrogen-bond donors (Lipinski definition) is 0. The molecular formula is C18H22N4O4S2. The first-order chi connectivity index (χ1) is 13.2. The van der Waals surface area contributed by atoms with Crippen LogP contribution in [0, 0.1) is 6.92 Å². The van der Waals surface area contributed by atoms with Gasteiger partial charge in [0.2, 0.25) is 0 Å². The molecule has 8 nitrogen and oxygen atoms in total. The van der Waals surface area contributed by atoms with Gasteiger partial charge in [0.1, 0.15) is 0 Å². The van der Waals surface area contributed by atoms with E-state index in [0.717, 1.165) is 15.8 Å². The summed E-state index contributed by atoms with van der Waals surface area (Å²) in [4.78, 5) is 17.6. The quantitative estimate of drug-likeness (QED) is 0.566. The minimum atomic E-state index is -3.33. The maximum absolute atomic E-state index is 12.7. The van der Waals surface area contributed by atoms with Gasteiger partial charge < -0.3 is 9.30 Å². The molecule has 0 aliphatic carbocycles. The Bertz CT molecular complexity index is 1200. The summed E-state index contributed by atoms with van der Waals surface area (Å²) in [7, 11) is -1.58. The third-order valence-electron chi connectivity index (χ3n) is 4.16. The molecule has 3 aromatic rings. The van der Waals surface area contributed by atoms with Gasteiger partial charge in [-0.25, -0.2) is 8.42 Å². The predicted molar refractivity (Wildman–Crippen MR) is 107 cm³/mol. The summed E-state index contributed by atoms with van der Waals surface area (Å²) in [5.41, 5.74) is 1.85. The van der Waals surface area contributed by atoms with Crippen molar-refractivity contribution < 1.29 is 17.9 Å². The normalized spacial score (nSPS) is 12.8. The lowest BCUT2D eigenvalue weighted by Gasteiger charge is -2.06. The van der Waals surface area contributed by atoms with E-state index in [4.69, 9.17) is 4.74 Å². The van der Waals surface area contributed by atoms with E-state index in [9.17, 15) is 13.2 Å². The standard InChI is InChI=1S/C18H22N4O4S2/c1-5-26-9-8-22-14-7-6-13(28(4,24)25)10-15(14)27-18(22)19-17(23)16-12(2)11-21(3)20-16/h6-7,10-11H,5,8-9H2,1-4H3. The van der Waals surface area contributed by atoms with Gasteiger partial charge >= 0.3 is 0 Å². The van der Waals surface area contributed by atoms with Gasteiger partial charge in [0, 0.05) is 38.2 Å². The number of sulfone groups is 1. The molecule has 0 aliphatic heterocycles. The third kappa shape index (κ3) is 4.23. The van der Waals surface area contributed by atoms with Gasteiger partial charge in [0.25, 0.3) is 5.91 Å². The molecule has 0 saturated carbocycles. The topological polar surface area (TPSA) is 95.6 Å². The summed E-state index contributed by atoms with van der Waals surface area (Å²) in [5, 5.41) is 4.18. The highest BCUT2D eigenvalue weighted by Gasteiger charge is 2.15. The Morgan fingerprint density at radius 2 is 2.11 bits per heavy atom. The second-order valence-corrected chi connectivity index (χ2v) is 9.41. The summed E-state index contributed by atoms with van der Waals surface area (Å²) in [6.07, 6.45) is 2.93. The number of fused-ring (bicyclic) bond motifs is 1. The second kappa shape index (κ2) is 7.98. The van der Waals surface area contributed by atoms with Crippen molar-refractivity contribution in [2.24, 2.45) is 12.0 Å². The average Bonchev–Trinajstić information content (AvgIpc) is 3.13. The van der Waals surface area contributed by atoms with Crippen molar-refractivity contribution in [3.05, 3.63) is 40.5 Å². The van der Waals surface area contributed by atoms with Gasteiger partial charge in [0.05, 0.1) is 21.7 Å². The van der Waals surface area contributed by atoms with Crippen LogP contribution in [0.5, 0.6) is 0 Å². The fourth-order valence-corrected chi connectivity index (χ4v) is 4.66. The molecule has 0 fully saturated rings. The van der Waals surface area contributed by atoms with E-state index in [1.807, 2.05) is 18.4 Å². The highest BCUT2D eigenvalue weighted by Crippen LogP contribution is 2.22. The van der Waals surface area contributed by atoms with Crippen molar-refractivity contribution in [1.29, 1.82) is 0 Å². The van der Waals surface area contributed by atoms with E-state index in [1.54, 1.807) is 36.1 Å². The number of nitrogens with zero attached hydrogens (tertiary/aromatic N) is 4. The Morgan fingerprint density at radius 1 is 1.36 bits per heavy atom. The Kier molecular flexibility index (Phi) is 5.82. The van der Waals surface area contributed by atoms with Gasteiger partial charge in [-0.2, -0.15) is 10.1 Å². The number of thiazole rings is 1. The van der Waals surface area contributed by atoms with Crippen LogP contribution in [-0.4, -0.2) is 48.1 Å². The number of carbonyl (C=O) groups excluding carboxylic acids is 1.